The predicted molar refractivity (Wildman–Crippen MR) is 71.9 cm³/mol. The Labute approximate surface area is 115 Å². The number of halogens is 1. The monoisotopic (exact) mass is 309 g/mol. The van der Waals surface area contributed by atoms with Crippen molar-refractivity contribution in [3.05, 3.63) is 17.0 Å². The molecule has 3 rings (SSSR count). The van der Waals surface area contributed by atoms with Gasteiger partial charge in [0.1, 0.15) is 4.60 Å². The Balaban J connectivity index is 1.54. The number of nitrogens with zero attached hydrogens (tertiary/aromatic N) is 2. The standard InChI is InChI=1S/C13H16BrN3O/c14-11-6-16-12(7-15-11)17-13(18)5-10-4-8-1-2-9(10)3-8/h6-10H,1-5H2,(H,16,17,18). The van der Waals surface area contributed by atoms with E-state index in [4.69, 9.17) is 0 Å². The summed E-state index contributed by atoms with van der Waals surface area (Å²) >= 11 is 3.22. The number of carbonyl (C=O) groups is 1. The highest BCUT2D eigenvalue weighted by Crippen LogP contribution is 2.49. The number of amides is 1. The van der Waals surface area contributed by atoms with Gasteiger partial charge in [-0.1, -0.05) is 6.42 Å². The van der Waals surface area contributed by atoms with Gasteiger partial charge in [0.15, 0.2) is 5.82 Å². The van der Waals surface area contributed by atoms with Crippen LogP contribution in [0.15, 0.2) is 17.0 Å². The molecule has 1 aromatic rings. The molecule has 18 heavy (non-hydrogen) atoms. The van der Waals surface area contributed by atoms with Gasteiger partial charge in [-0.15, -0.1) is 0 Å². The molecule has 0 aromatic carbocycles. The highest BCUT2D eigenvalue weighted by atomic mass is 79.9. The van der Waals surface area contributed by atoms with Crippen LogP contribution in [-0.4, -0.2) is 15.9 Å². The first kappa shape index (κ1) is 12.1. The van der Waals surface area contributed by atoms with Crippen molar-refractivity contribution < 1.29 is 4.79 Å². The second-order valence-electron chi connectivity index (χ2n) is 5.41. The minimum Gasteiger partial charge on any atom is -0.309 e. The first-order valence-electron chi connectivity index (χ1n) is 6.48. The average molecular weight is 310 g/mol. The minimum absolute atomic E-state index is 0.0733. The Morgan fingerprint density at radius 1 is 1.33 bits per heavy atom. The van der Waals surface area contributed by atoms with Gasteiger partial charge in [0.2, 0.25) is 5.91 Å². The first-order chi connectivity index (χ1) is 8.70. The van der Waals surface area contributed by atoms with Gasteiger partial charge >= 0.3 is 0 Å². The summed E-state index contributed by atoms with van der Waals surface area (Å²) in [7, 11) is 0. The summed E-state index contributed by atoms with van der Waals surface area (Å²) in [4.78, 5) is 20.1. The lowest BCUT2D eigenvalue weighted by atomic mass is 9.86. The Morgan fingerprint density at radius 2 is 2.22 bits per heavy atom. The van der Waals surface area contributed by atoms with Crippen LogP contribution in [0.25, 0.3) is 0 Å². The lowest BCUT2D eigenvalue weighted by Crippen LogP contribution is -2.20. The fourth-order valence-corrected chi connectivity index (χ4v) is 3.64. The quantitative estimate of drug-likeness (QED) is 0.934. The molecule has 2 aliphatic carbocycles. The number of fused-ring (bicyclic) bond motifs is 2. The molecule has 4 nitrogen and oxygen atoms in total. The van der Waals surface area contributed by atoms with Crippen LogP contribution in [0.5, 0.6) is 0 Å². The number of hydrogen-bond donors (Lipinski definition) is 1. The molecule has 1 N–H and O–H groups in total. The van der Waals surface area contributed by atoms with Crippen LogP contribution < -0.4 is 5.32 Å². The van der Waals surface area contributed by atoms with Crippen LogP contribution in [0.4, 0.5) is 5.82 Å². The molecular weight excluding hydrogens is 294 g/mol. The molecule has 2 aliphatic rings. The van der Waals surface area contributed by atoms with Crippen LogP contribution in [0, 0.1) is 17.8 Å². The van der Waals surface area contributed by atoms with Gasteiger partial charge in [0.05, 0.1) is 12.4 Å². The number of aromatic nitrogens is 2. The van der Waals surface area contributed by atoms with Crippen molar-refractivity contribution in [1.82, 2.24) is 9.97 Å². The molecule has 3 atom stereocenters. The smallest absolute Gasteiger partial charge is 0.225 e. The van der Waals surface area contributed by atoms with Crippen LogP contribution in [0.2, 0.25) is 0 Å². The van der Waals surface area contributed by atoms with Gasteiger partial charge < -0.3 is 5.32 Å². The maximum atomic E-state index is 11.9. The number of anilines is 1. The van der Waals surface area contributed by atoms with Crippen LogP contribution >= 0.6 is 15.9 Å². The van der Waals surface area contributed by atoms with Crippen molar-refractivity contribution in [1.29, 1.82) is 0 Å². The van der Waals surface area contributed by atoms with E-state index in [1.54, 1.807) is 12.4 Å². The predicted octanol–water partition coefficient (Wildman–Crippen LogP) is 3.00. The molecule has 1 amide bonds. The number of carbonyl (C=O) groups excluding carboxylic acids is 1. The van der Waals surface area contributed by atoms with E-state index in [0.29, 0.717) is 22.8 Å². The third-order valence-corrected chi connectivity index (χ3v) is 4.63. The Bertz CT molecular complexity index is 448. The zero-order valence-corrected chi connectivity index (χ0v) is 11.7. The summed E-state index contributed by atoms with van der Waals surface area (Å²) in [5.41, 5.74) is 0. The van der Waals surface area contributed by atoms with Crippen molar-refractivity contribution in [2.45, 2.75) is 32.1 Å². The van der Waals surface area contributed by atoms with E-state index in [1.165, 1.54) is 25.7 Å². The number of nitrogens with one attached hydrogen (secondary N) is 1. The van der Waals surface area contributed by atoms with E-state index in [9.17, 15) is 4.79 Å². The fraction of sp³-hybridized carbons (Fsp3) is 0.615. The Hall–Kier alpha value is -0.970. The molecule has 2 fully saturated rings. The van der Waals surface area contributed by atoms with E-state index >= 15 is 0 Å². The molecule has 1 heterocycles. The van der Waals surface area contributed by atoms with Gasteiger partial charge in [0, 0.05) is 6.42 Å². The zero-order valence-electron chi connectivity index (χ0n) is 10.1. The molecule has 5 heteroatoms. The molecule has 96 valence electrons. The SMILES string of the molecule is O=C(CC1CC2CCC1C2)Nc1cnc(Br)cn1. The summed E-state index contributed by atoms with van der Waals surface area (Å²) in [5.74, 6) is 2.87. The highest BCUT2D eigenvalue weighted by molar-refractivity contribution is 9.10. The summed E-state index contributed by atoms with van der Waals surface area (Å²) in [5, 5.41) is 2.82. The molecule has 3 unspecified atom stereocenters. The van der Waals surface area contributed by atoms with E-state index in [0.717, 1.165) is 11.8 Å². The third kappa shape index (κ3) is 2.55. The Kier molecular flexibility index (Phi) is 3.33. The molecule has 0 spiro atoms. The van der Waals surface area contributed by atoms with Gasteiger partial charge in [-0.05, 0) is 52.9 Å². The fourth-order valence-electron chi connectivity index (χ4n) is 3.44. The molecule has 2 bridgehead atoms. The Morgan fingerprint density at radius 3 is 2.83 bits per heavy atom. The molecule has 2 saturated carbocycles. The van der Waals surface area contributed by atoms with E-state index in [1.807, 2.05) is 0 Å². The van der Waals surface area contributed by atoms with Crippen LogP contribution in [-0.2, 0) is 4.79 Å². The zero-order chi connectivity index (χ0) is 12.5. The highest BCUT2D eigenvalue weighted by Gasteiger charge is 2.40. The van der Waals surface area contributed by atoms with Gasteiger partial charge in [-0.25, -0.2) is 9.97 Å². The van der Waals surface area contributed by atoms with Gasteiger partial charge in [-0.3, -0.25) is 4.79 Å². The molecule has 0 radical (unpaired) electrons. The molecule has 1 aromatic heterocycles. The summed E-state index contributed by atoms with van der Waals surface area (Å²) < 4.78 is 0.675. The minimum atomic E-state index is 0.0733. The number of rotatable bonds is 3. The molecular formula is C13H16BrN3O. The van der Waals surface area contributed by atoms with Crippen molar-refractivity contribution in [2.24, 2.45) is 17.8 Å². The van der Waals surface area contributed by atoms with Gasteiger partial charge in [-0.2, -0.15) is 0 Å². The van der Waals surface area contributed by atoms with E-state index in [-0.39, 0.29) is 5.91 Å². The molecule has 0 saturated heterocycles. The summed E-state index contributed by atoms with van der Waals surface area (Å²) in [6.45, 7) is 0. The maximum absolute atomic E-state index is 11.9. The lowest BCUT2D eigenvalue weighted by Gasteiger charge is -2.20. The summed E-state index contributed by atoms with van der Waals surface area (Å²) in [6, 6.07) is 0. The lowest BCUT2D eigenvalue weighted by molar-refractivity contribution is -0.117. The number of hydrogen-bond acceptors (Lipinski definition) is 3. The van der Waals surface area contributed by atoms with Crippen molar-refractivity contribution >= 4 is 27.7 Å². The van der Waals surface area contributed by atoms with E-state index in [2.05, 4.69) is 31.2 Å². The van der Waals surface area contributed by atoms with Gasteiger partial charge in [0.25, 0.3) is 0 Å². The normalized spacial score (nSPS) is 29.5. The van der Waals surface area contributed by atoms with E-state index < -0.39 is 0 Å². The second kappa shape index (κ2) is 4.96. The van der Waals surface area contributed by atoms with Crippen molar-refractivity contribution in [2.75, 3.05) is 5.32 Å². The summed E-state index contributed by atoms with van der Waals surface area (Å²) in [6.07, 6.45) is 9.08. The largest absolute Gasteiger partial charge is 0.309 e. The molecule has 0 aliphatic heterocycles. The topological polar surface area (TPSA) is 54.9 Å². The second-order valence-corrected chi connectivity index (χ2v) is 6.22. The maximum Gasteiger partial charge on any atom is 0.225 e. The van der Waals surface area contributed by atoms with Crippen molar-refractivity contribution in [3.63, 3.8) is 0 Å². The average Bonchev–Trinajstić information content (AvgIpc) is 2.94. The third-order valence-electron chi connectivity index (χ3n) is 4.22. The van der Waals surface area contributed by atoms with Crippen molar-refractivity contribution in [3.8, 4) is 0 Å². The first-order valence-corrected chi connectivity index (χ1v) is 7.27. The van der Waals surface area contributed by atoms with Crippen LogP contribution in [0.3, 0.4) is 0 Å². The van der Waals surface area contributed by atoms with Crippen LogP contribution in [0.1, 0.15) is 32.1 Å².